The van der Waals surface area contributed by atoms with E-state index in [4.69, 9.17) is 10.5 Å². The van der Waals surface area contributed by atoms with Crippen LogP contribution in [0.1, 0.15) is 41.8 Å². The van der Waals surface area contributed by atoms with Gasteiger partial charge in [0.05, 0.1) is 23.0 Å². The number of benzene rings is 1. The molecule has 14 nitrogen and oxygen atoms in total. The first-order valence-electron chi connectivity index (χ1n) is 15.8. The molecule has 6 amide bonds. The van der Waals surface area contributed by atoms with Crippen LogP contribution in [0.15, 0.2) is 73.1 Å². The lowest BCUT2D eigenvalue weighted by molar-refractivity contribution is -0.127. The van der Waals surface area contributed by atoms with Crippen LogP contribution in [0.2, 0.25) is 0 Å². The third kappa shape index (κ3) is 7.84. The van der Waals surface area contributed by atoms with Crippen LogP contribution in [0.3, 0.4) is 0 Å². The van der Waals surface area contributed by atoms with E-state index < -0.39 is 11.9 Å². The highest BCUT2D eigenvalue weighted by Gasteiger charge is 2.34. The van der Waals surface area contributed by atoms with Gasteiger partial charge in [-0.05, 0) is 49.6 Å². The Balaban J connectivity index is 1.09. The van der Waals surface area contributed by atoms with Gasteiger partial charge in [-0.3, -0.25) is 19.2 Å². The van der Waals surface area contributed by atoms with Crippen molar-refractivity contribution in [1.82, 2.24) is 25.5 Å². The lowest BCUT2D eigenvalue weighted by Crippen LogP contribution is -2.49. The van der Waals surface area contributed by atoms with E-state index in [0.29, 0.717) is 76.1 Å². The number of likely N-dealkylation sites (tertiary alicyclic amines) is 1. The molecule has 0 bridgehead atoms. The van der Waals surface area contributed by atoms with Gasteiger partial charge in [-0.1, -0.05) is 24.3 Å². The minimum atomic E-state index is -0.472. The number of aromatic nitrogens is 2. The van der Waals surface area contributed by atoms with Gasteiger partial charge in [0.1, 0.15) is 27.0 Å². The van der Waals surface area contributed by atoms with Gasteiger partial charge in [-0.25, -0.2) is 19.7 Å². The molecule has 252 valence electrons. The SMILES string of the molecule is NC(=O)CCCC(=O)NC/C=C/C(=O)N1CCCC(NC(=O)c2sc3nccc4c3c2NC(=O)N4c2ccc(Oc3ccccc3)cn2)C1. The van der Waals surface area contributed by atoms with Crippen LogP contribution in [0, 0.1) is 0 Å². The summed E-state index contributed by atoms with van der Waals surface area (Å²) < 4.78 is 5.84. The number of nitrogens with one attached hydrogen (secondary N) is 3. The summed E-state index contributed by atoms with van der Waals surface area (Å²) in [7, 11) is 0. The topological polar surface area (TPSA) is 189 Å². The van der Waals surface area contributed by atoms with Gasteiger partial charge in [0.2, 0.25) is 17.7 Å². The second-order valence-corrected chi connectivity index (χ2v) is 12.5. The van der Waals surface area contributed by atoms with Gasteiger partial charge in [0.25, 0.3) is 5.91 Å². The summed E-state index contributed by atoms with van der Waals surface area (Å²) in [4.78, 5) is 75.5. The standard InChI is InChI=1S/C34H34N8O6S/c35-25(43)10-4-11-27(44)36-16-5-12-28(45)41-18-6-7-21(20-41)39-32(46)31-30-29-24(15-17-37-33(29)49-31)42(34(47)40-30)26-14-13-23(19-38-26)48-22-8-2-1-3-9-22/h1-3,5,8-9,12-15,17,19,21H,4,6-7,10-11,16,18,20H2,(H2,35,43)(H,36,44)(H,39,46)(H,40,47)/b12-5+. The molecule has 5 N–H and O–H groups in total. The van der Waals surface area contributed by atoms with Crippen molar-refractivity contribution < 1.29 is 28.7 Å². The molecule has 1 atom stereocenters. The number of piperidine rings is 1. The highest BCUT2D eigenvalue weighted by Crippen LogP contribution is 2.45. The number of urea groups is 1. The maximum atomic E-state index is 13.6. The van der Waals surface area contributed by atoms with Crippen LogP contribution >= 0.6 is 11.3 Å². The Bertz CT molecular complexity index is 1910. The zero-order valence-corrected chi connectivity index (χ0v) is 27.2. The van der Waals surface area contributed by atoms with Crippen molar-refractivity contribution in [3.63, 3.8) is 0 Å². The molecule has 49 heavy (non-hydrogen) atoms. The van der Waals surface area contributed by atoms with Gasteiger partial charge in [0.15, 0.2) is 0 Å². The number of hydrogen-bond donors (Lipinski definition) is 4. The highest BCUT2D eigenvalue weighted by atomic mass is 32.1. The fourth-order valence-corrected chi connectivity index (χ4v) is 6.68. The third-order valence-corrected chi connectivity index (χ3v) is 9.05. The molecule has 1 unspecified atom stereocenters. The Hall–Kier alpha value is -5.83. The second kappa shape index (κ2) is 14.9. The van der Waals surface area contributed by atoms with E-state index in [1.807, 2.05) is 30.3 Å². The van der Waals surface area contributed by atoms with E-state index in [-0.39, 0.29) is 43.1 Å². The number of amides is 6. The second-order valence-electron chi connectivity index (χ2n) is 11.5. The van der Waals surface area contributed by atoms with E-state index in [1.54, 1.807) is 41.6 Å². The van der Waals surface area contributed by atoms with Crippen LogP contribution in [-0.4, -0.2) is 70.2 Å². The van der Waals surface area contributed by atoms with Crippen molar-refractivity contribution in [3.05, 3.63) is 78.0 Å². The minimum Gasteiger partial charge on any atom is -0.456 e. The summed E-state index contributed by atoms with van der Waals surface area (Å²) >= 11 is 1.18. The van der Waals surface area contributed by atoms with Crippen LogP contribution in [0.4, 0.5) is 22.0 Å². The van der Waals surface area contributed by atoms with Crippen LogP contribution < -0.4 is 31.3 Å². The van der Waals surface area contributed by atoms with Crippen LogP contribution in [-0.2, 0) is 14.4 Å². The van der Waals surface area contributed by atoms with Gasteiger partial charge < -0.3 is 31.3 Å². The zero-order valence-electron chi connectivity index (χ0n) is 26.4. The molecule has 4 aromatic rings. The molecule has 0 aliphatic carbocycles. The Morgan fingerprint density at radius 2 is 1.90 bits per heavy atom. The van der Waals surface area contributed by atoms with Gasteiger partial charge >= 0.3 is 6.03 Å². The average molecular weight is 683 g/mol. The molecule has 0 spiro atoms. The number of nitrogens with two attached hydrogens (primary N) is 1. The fourth-order valence-electron chi connectivity index (χ4n) is 5.66. The largest absolute Gasteiger partial charge is 0.456 e. The number of thiophene rings is 1. The number of para-hydroxylation sites is 1. The first kappa shape index (κ1) is 33.1. The normalized spacial score (nSPS) is 15.6. The Morgan fingerprint density at radius 1 is 1.06 bits per heavy atom. The molecule has 3 aromatic heterocycles. The van der Waals surface area contributed by atoms with Crippen molar-refractivity contribution in [2.45, 2.75) is 38.1 Å². The summed E-state index contributed by atoms with van der Waals surface area (Å²) in [6.45, 7) is 1.02. The molecule has 6 rings (SSSR count). The number of ether oxygens (including phenoxy) is 1. The molecule has 2 aliphatic rings. The van der Waals surface area contributed by atoms with Crippen molar-refractivity contribution >= 4 is 68.4 Å². The van der Waals surface area contributed by atoms with E-state index >= 15 is 0 Å². The summed E-state index contributed by atoms with van der Waals surface area (Å²) in [6.07, 6.45) is 8.16. The van der Waals surface area contributed by atoms with E-state index in [0.717, 1.165) is 0 Å². The molecular weight excluding hydrogens is 648 g/mol. The number of rotatable bonds is 12. The first-order valence-corrected chi connectivity index (χ1v) is 16.6. The predicted octanol–water partition coefficient (Wildman–Crippen LogP) is 4.22. The van der Waals surface area contributed by atoms with Crippen molar-refractivity contribution in [1.29, 1.82) is 0 Å². The lowest BCUT2D eigenvalue weighted by Gasteiger charge is -2.32. The molecular formula is C34H34N8O6S. The first-order chi connectivity index (χ1) is 23.8. The summed E-state index contributed by atoms with van der Waals surface area (Å²) in [5, 5.41) is 9.22. The molecule has 5 heterocycles. The zero-order chi connectivity index (χ0) is 34.3. The number of pyridine rings is 2. The molecule has 0 radical (unpaired) electrons. The monoisotopic (exact) mass is 682 g/mol. The number of hydrogen-bond acceptors (Lipinski definition) is 9. The van der Waals surface area contributed by atoms with Crippen molar-refractivity contribution in [2.75, 3.05) is 29.9 Å². The van der Waals surface area contributed by atoms with Crippen LogP contribution in [0.25, 0.3) is 10.2 Å². The molecule has 0 saturated carbocycles. The maximum absolute atomic E-state index is 13.6. The smallest absolute Gasteiger partial charge is 0.332 e. The number of nitrogens with zero attached hydrogens (tertiary/aromatic N) is 4. The maximum Gasteiger partial charge on any atom is 0.332 e. The number of anilines is 3. The average Bonchev–Trinajstić information content (AvgIpc) is 3.47. The predicted molar refractivity (Wildman–Crippen MR) is 184 cm³/mol. The highest BCUT2D eigenvalue weighted by molar-refractivity contribution is 7.21. The third-order valence-electron chi connectivity index (χ3n) is 7.95. The van der Waals surface area contributed by atoms with E-state index in [1.165, 1.54) is 22.3 Å². The quantitative estimate of drug-likeness (QED) is 0.160. The van der Waals surface area contributed by atoms with E-state index in [2.05, 4.69) is 25.9 Å². The molecule has 1 fully saturated rings. The molecule has 2 aliphatic heterocycles. The summed E-state index contributed by atoms with van der Waals surface area (Å²) in [5.41, 5.74) is 6.02. The van der Waals surface area contributed by atoms with Gasteiger partial charge in [-0.2, -0.15) is 0 Å². The van der Waals surface area contributed by atoms with Gasteiger partial charge in [-0.15, -0.1) is 11.3 Å². The summed E-state index contributed by atoms with van der Waals surface area (Å²) in [5.74, 6) is 0.266. The Labute approximate surface area is 285 Å². The molecule has 15 heteroatoms. The minimum absolute atomic E-state index is 0.142. The fraction of sp³-hybridized carbons (Fsp3) is 0.265. The van der Waals surface area contributed by atoms with Crippen molar-refractivity contribution in [3.8, 4) is 11.5 Å². The van der Waals surface area contributed by atoms with E-state index in [9.17, 15) is 24.0 Å². The molecule has 1 saturated heterocycles. The summed E-state index contributed by atoms with van der Waals surface area (Å²) in [6, 6.07) is 13.6. The number of carbonyl (C=O) groups excluding carboxylic acids is 5. The van der Waals surface area contributed by atoms with Crippen LogP contribution in [0.5, 0.6) is 11.5 Å². The number of carbonyl (C=O) groups is 5. The Morgan fingerprint density at radius 3 is 2.67 bits per heavy atom. The molecule has 1 aromatic carbocycles. The lowest BCUT2D eigenvalue weighted by atomic mass is 10.1. The van der Waals surface area contributed by atoms with Crippen molar-refractivity contribution in [2.24, 2.45) is 5.73 Å². The van der Waals surface area contributed by atoms with Gasteiger partial charge in [0, 0.05) is 50.8 Å². The number of primary amides is 1. The Kier molecular flexibility index (Phi) is 10.1.